The standard InChI is InChI=1S/C17H22O2Si/c1-12-10-15(13-6-8-14(19-2)9-7-13)17(18)16(11-12)20(3,4)5/h6-11,18H,1-5H3. The molecule has 3 heteroatoms. The van der Waals surface area contributed by atoms with Crippen LogP contribution in [-0.4, -0.2) is 20.3 Å². The van der Waals surface area contributed by atoms with Crippen molar-refractivity contribution in [1.29, 1.82) is 0 Å². The maximum atomic E-state index is 10.6. The van der Waals surface area contributed by atoms with Crippen LogP contribution in [0.1, 0.15) is 5.56 Å². The maximum Gasteiger partial charge on any atom is 0.122 e. The Morgan fingerprint density at radius 3 is 2.10 bits per heavy atom. The molecule has 0 aromatic heterocycles. The predicted molar refractivity (Wildman–Crippen MR) is 87.8 cm³/mol. The lowest BCUT2D eigenvalue weighted by Gasteiger charge is -2.21. The molecule has 0 aliphatic rings. The fraction of sp³-hybridized carbons (Fsp3) is 0.294. The lowest BCUT2D eigenvalue weighted by atomic mass is 10.0. The van der Waals surface area contributed by atoms with E-state index < -0.39 is 8.07 Å². The van der Waals surface area contributed by atoms with Gasteiger partial charge in [0, 0.05) is 5.56 Å². The van der Waals surface area contributed by atoms with Gasteiger partial charge >= 0.3 is 0 Å². The highest BCUT2D eigenvalue weighted by Gasteiger charge is 2.23. The number of phenols is 1. The predicted octanol–water partition coefficient (Wildman–Crippen LogP) is 3.92. The first-order chi connectivity index (χ1) is 9.32. The number of hydrogen-bond donors (Lipinski definition) is 1. The van der Waals surface area contributed by atoms with Crippen LogP contribution in [0.5, 0.6) is 11.5 Å². The van der Waals surface area contributed by atoms with Crippen molar-refractivity contribution in [3.8, 4) is 22.6 Å². The van der Waals surface area contributed by atoms with Gasteiger partial charge in [-0.2, -0.15) is 0 Å². The van der Waals surface area contributed by atoms with Gasteiger partial charge < -0.3 is 9.84 Å². The zero-order valence-electron chi connectivity index (χ0n) is 12.8. The molecule has 106 valence electrons. The molecule has 0 atom stereocenters. The highest BCUT2D eigenvalue weighted by molar-refractivity contribution is 6.89. The number of phenolic OH excluding ortho intramolecular Hbond substituents is 1. The van der Waals surface area contributed by atoms with Gasteiger partial charge in [0.25, 0.3) is 0 Å². The average Bonchev–Trinajstić information content (AvgIpc) is 2.40. The van der Waals surface area contributed by atoms with Crippen LogP contribution in [-0.2, 0) is 0 Å². The van der Waals surface area contributed by atoms with Crippen LogP contribution < -0.4 is 9.92 Å². The molecular weight excluding hydrogens is 264 g/mol. The van der Waals surface area contributed by atoms with E-state index in [0.29, 0.717) is 5.75 Å². The van der Waals surface area contributed by atoms with Crippen LogP contribution in [0, 0.1) is 6.92 Å². The molecule has 0 aliphatic carbocycles. The number of benzene rings is 2. The van der Waals surface area contributed by atoms with Crippen molar-refractivity contribution in [2.24, 2.45) is 0 Å². The van der Waals surface area contributed by atoms with Crippen LogP contribution in [0.25, 0.3) is 11.1 Å². The van der Waals surface area contributed by atoms with Crippen LogP contribution in [0.4, 0.5) is 0 Å². The van der Waals surface area contributed by atoms with E-state index in [0.717, 1.165) is 22.1 Å². The minimum atomic E-state index is -1.57. The Morgan fingerprint density at radius 1 is 1.00 bits per heavy atom. The molecule has 2 aromatic carbocycles. The molecule has 20 heavy (non-hydrogen) atoms. The highest BCUT2D eigenvalue weighted by Crippen LogP contribution is 2.31. The second-order valence-electron chi connectivity index (χ2n) is 6.19. The van der Waals surface area contributed by atoms with Gasteiger partial charge in [-0.25, -0.2) is 0 Å². The van der Waals surface area contributed by atoms with Crippen molar-refractivity contribution in [3.05, 3.63) is 42.0 Å². The van der Waals surface area contributed by atoms with E-state index in [1.165, 1.54) is 5.56 Å². The van der Waals surface area contributed by atoms with Gasteiger partial charge in [-0.05, 0) is 35.9 Å². The number of aromatic hydroxyl groups is 1. The first-order valence-corrected chi connectivity index (χ1v) is 10.3. The summed E-state index contributed by atoms with van der Waals surface area (Å²) in [7, 11) is 0.0892. The lowest BCUT2D eigenvalue weighted by Crippen LogP contribution is -2.38. The van der Waals surface area contributed by atoms with Crippen molar-refractivity contribution in [2.75, 3.05) is 7.11 Å². The Balaban J connectivity index is 2.58. The summed E-state index contributed by atoms with van der Waals surface area (Å²) in [4.78, 5) is 0. The molecule has 2 aromatic rings. The summed E-state index contributed by atoms with van der Waals surface area (Å²) in [5, 5.41) is 11.7. The minimum Gasteiger partial charge on any atom is -0.507 e. The smallest absolute Gasteiger partial charge is 0.122 e. The first kappa shape index (κ1) is 14.7. The summed E-state index contributed by atoms with van der Waals surface area (Å²) in [6.45, 7) is 8.83. The average molecular weight is 286 g/mol. The fourth-order valence-electron chi connectivity index (χ4n) is 2.34. The quantitative estimate of drug-likeness (QED) is 0.867. The zero-order valence-corrected chi connectivity index (χ0v) is 13.8. The van der Waals surface area contributed by atoms with Gasteiger partial charge in [-0.1, -0.05) is 43.4 Å². The third-order valence-corrected chi connectivity index (χ3v) is 5.46. The molecule has 0 heterocycles. The van der Waals surface area contributed by atoms with Crippen LogP contribution in [0.15, 0.2) is 36.4 Å². The fourth-order valence-corrected chi connectivity index (χ4v) is 3.85. The van der Waals surface area contributed by atoms with Gasteiger partial charge in [0.05, 0.1) is 15.2 Å². The topological polar surface area (TPSA) is 29.5 Å². The molecule has 0 unspecified atom stereocenters. The third-order valence-electron chi connectivity index (χ3n) is 3.46. The van der Waals surface area contributed by atoms with Crippen molar-refractivity contribution < 1.29 is 9.84 Å². The van der Waals surface area contributed by atoms with E-state index in [1.54, 1.807) is 7.11 Å². The largest absolute Gasteiger partial charge is 0.507 e. The molecular formula is C17H22O2Si. The van der Waals surface area contributed by atoms with E-state index in [1.807, 2.05) is 30.3 Å². The zero-order chi connectivity index (χ0) is 14.9. The molecule has 0 saturated heterocycles. The summed E-state index contributed by atoms with van der Waals surface area (Å²) in [6.07, 6.45) is 0. The number of hydrogen-bond acceptors (Lipinski definition) is 2. The molecule has 2 nitrogen and oxygen atoms in total. The van der Waals surface area contributed by atoms with E-state index in [-0.39, 0.29) is 0 Å². The SMILES string of the molecule is COc1ccc(-c2cc(C)cc([Si](C)(C)C)c2O)cc1. The van der Waals surface area contributed by atoms with Crippen molar-refractivity contribution in [1.82, 2.24) is 0 Å². The second kappa shape index (κ2) is 5.33. The Hall–Kier alpha value is -1.74. The maximum absolute atomic E-state index is 10.6. The molecule has 0 radical (unpaired) electrons. The van der Waals surface area contributed by atoms with Gasteiger partial charge in [-0.3, -0.25) is 0 Å². The highest BCUT2D eigenvalue weighted by atomic mass is 28.3. The molecule has 0 spiro atoms. The number of rotatable bonds is 3. The Bertz CT molecular complexity index is 610. The number of methoxy groups -OCH3 is 1. The Morgan fingerprint density at radius 2 is 1.60 bits per heavy atom. The summed E-state index contributed by atoms with van der Waals surface area (Å²) in [5.41, 5.74) is 3.11. The molecule has 0 bridgehead atoms. The lowest BCUT2D eigenvalue weighted by molar-refractivity contribution is 0.415. The molecule has 0 saturated carbocycles. The van der Waals surface area contributed by atoms with E-state index in [9.17, 15) is 5.11 Å². The van der Waals surface area contributed by atoms with E-state index in [4.69, 9.17) is 4.74 Å². The van der Waals surface area contributed by atoms with Gasteiger partial charge in [0.2, 0.25) is 0 Å². The third kappa shape index (κ3) is 2.88. The summed E-state index contributed by atoms with van der Waals surface area (Å²) in [6, 6.07) is 12.0. The van der Waals surface area contributed by atoms with E-state index in [2.05, 4.69) is 32.6 Å². The van der Waals surface area contributed by atoms with Crippen LogP contribution in [0.3, 0.4) is 0 Å². The Kier molecular flexibility index (Phi) is 3.91. The summed E-state index contributed by atoms with van der Waals surface area (Å²) in [5.74, 6) is 1.26. The first-order valence-electron chi connectivity index (χ1n) is 6.81. The van der Waals surface area contributed by atoms with Crippen molar-refractivity contribution >= 4 is 13.3 Å². The van der Waals surface area contributed by atoms with Gasteiger partial charge in [-0.15, -0.1) is 0 Å². The van der Waals surface area contributed by atoms with Crippen molar-refractivity contribution in [3.63, 3.8) is 0 Å². The van der Waals surface area contributed by atoms with Gasteiger partial charge in [0.15, 0.2) is 0 Å². The molecule has 1 N–H and O–H groups in total. The Labute approximate surface area is 122 Å². The molecule has 0 amide bonds. The molecule has 0 aliphatic heterocycles. The van der Waals surface area contributed by atoms with Crippen LogP contribution >= 0.6 is 0 Å². The molecule has 0 fully saturated rings. The minimum absolute atomic E-state index is 0.430. The summed E-state index contributed by atoms with van der Waals surface area (Å²) < 4.78 is 5.18. The second-order valence-corrected chi connectivity index (χ2v) is 11.2. The van der Waals surface area contributed by atoms with E-state index >= 15 is 0 Å². The molecule has 2 rings (SSSR count). The number of aryl methyl sites for hydroxylation is 1. The number of ether oxygens (including phenoxy) is 1. The van der Waals surface area contributed by atoms with Crippen LogP contribution in [0.2, 0.25) is 19.6 Å². The van der Waals surface area contributed by atoms with Gasteiger partial charge in [0.1, 0.15) is 11.5 Å². The summed E-state index contributed by atoms with van der Waals surface area (Å²) >= 11 is 0. The van der Waals surface area contributed by atoms with Crippen molar-refractivity contribution in [2.45, 2.75) is 26.6 Å². The monoisotopic (exact) mass is 286 g/mol. The normalized spacial score (nSPS) is 11.4.